The summed E-state index contributed by atoms with van der Waals surface area (Å²) in [4.78, 5) is 2.30. The Labute approximate surface area is 75.7 Å². The minimum absolute atomic E-state index is 0.745. The van der Waals surface area contributed by atoms with Gasteiger partial charge in [-0.2, -0.15) is 0 Å². The zero-order valence-corrected chi connectivity index (χ0v) is 8.69. The number of alkyl halides is 1. The molecule has 0 saturated heterocycles. The van der Waals surface area contributed by atoms with E-state index in [1.54, 1.807) is 0 Å². The van der Waals surface area contributed by atoms with Gasteiger partial charge in [0.25, 0.3) is 0 Å². The third-order valence-corrected chi connectivity index (χ3v) is 2.04. The lowest BCUT2D eigenvalue weighted by atomic mass is 10.1. The SMILES string of the molecule is CCCC(C)CN(C)CCCl. The highest BCUT2D eigenvalue weighted by Gasteiger charge is 2.03. The lowest BCUT2D eigenvalue weighted by Crippen LogP contribution is -2.26. The van der Waals surface area contributed by atoms with E-state index in [4.69, 9.17) is 11.6 Å². The summed E-state index contributed by atoms with van der Waals surface area (Å²) in [6.45, 7) is 6.72. The second-order valence-electron chi connectivity index (χ2n) is 3.35. The van der Waals surface area contributed by atoms with E-state index in [1.165, 1.54) is 19.4 Å². The van der Waals surface area contributed by atoms with Crippen LogP contribution < -0.4 is 0 Å². The van der Waals surface area contributed by atoms with E-state index in [1.807, 2.05) is 0 Å². The summed E-state index contributed by atoms with van der Waals surface area (Å²) in [6.07, 6.45) is 2.61. The lowest BCUT2D eigenvalue weighted by molar-refractivity contribution is 0.291. The van der Waals surface area contributed by atoms with Crippen LogP contribution in [0.1, 0.15) is 26.7 Å². The van der Waals surface area contributed by atoms with Crippen molar-refractivity contribution in [3.05, 3.63) is 0 Å². The van der Waals surface area contributed by atoms with Crippen molar-refractivity contribution < 1.29 is 0 Å². The van der Waals surface area contributed by atoms with Gasteiger partial charge < -0.3 is 4.90 Å². The first-order valence-electron chi connectivity index (χ1n) is 4.45. The Kier molecular flexibility index (Phi) is 7.09. The molecule has 0 aromatic heterocycles. The van der Waals surface area contributed by atoms with Gasteiger partial charge in [0.05, 0.1) is 0 Å². The minimum Gasteiger partial charge on any atom is -0.305 e. The second kappa shape index (κ2) is 6.93. The van der Waals surface area contributed by atoms with Crippen molar-refractivity contribution in [1.29, 1.82) is 0 Å². The number of nitrogens with zero attached hydrogens (tertiary/aromatic N) is 1. The molecule has 1 unspecified atom stereocenters. The zero-order chi connectivity index (χ0) is 8.69. The van der Waals surface area contributed by atoms with E-state index in [-0.39, 0.29) is 0 Å². The van der Waals surface area contributed by atoms with Crippen LogP contribution in [0.3, 0.4) is 0 Å². The van der Waals surface area contributed by atoms with Crippen LogP contribution in [0.25, 0.3) is 0 Å². The Balaban J connectivity index is 3.32. The smallest absolute Gasteiger partial charge is 0.0351 e. The molecule has 2 heteroatoms. The molecule has 0 spiro atoms. The molecule has 68 valence electrons. The van der Waals surface area contributed by atoms with E-state index in [9.17, 15) is 0 Å². The summed E-state index contributed by atoms with van der Waals surface area (Å²) in [6, 6.07) is 0. The van der Waals surface area contributed by atoms with Crippen LogP contribution in [-0.2, 0) is 0 Å². The first kappa shape index (κ1) is 11.2. The van der Waals surface area contributed by atoms with E-state index in [0.717, 1.165) is 18.3 Å². The molecule has 0 radical (unpaired) electrons. The summed E-state index contributed by atoms with van der Waals surface area (Å²) in [5.41, 5.74) is 0. The van der Waals surface area contributed by atoms with Gasteiger partial charge in [-0.15, -0.1) is 11.6 Å². The Hall–Kier alpha value is 0.250. The Morgan fingerprint density at radius 1 is 1.45 bits per heavy atom. The molecule has 0 fully saturated rings. The Morgan fingerprint density at radius 3 is 2.55 bits per heavy atom. The van der Waals surface area contributed by atoms with Crippen molar-refractivity contribution in [2.24, 2.45) is 5.92 Å². The number of halogens is 1. The predicted molar refractivity (Wildman–Crippen MR) is 52.3 cm³/mol. The van der Waals surface area contributed by atoms with Crippen LogP contribution in [0.2, 0.25) is 0 Å². The van der Waals surface area contributed by atoms with Gasteiger partial charge in [0.2, 0.25) is 0 Å². The molecular formula is C9H20ClN. The maximum absolute atomic E-state index is 5.62. The maximum Gasteiger partial charge on any atom is 0.0351 e. The van der Waals surface area contributed by atoms with E-state index in [2.05, 4.69) is 25.8 Å². The fraction of sp³-hybridized carbons (Fsp3) is 1.00. The lowest BCUT2D eigenvalue weighted by Gasteiger charge is -2.19. The highest BCUT2D eigenvalue weighted by molar-refractivity contribution is 6.18. The highest BCUT2D eigenvalue weighted by atomic mass is 35.5. The van der Waals surface area contributed by atoms with Gasteiger partial charge in [-0.25, -0.2) is 0 Å². The average molecular weight is 178 g/mol. The number of hydrogen-bond acceptors (Lipinski definition) is 1. The molecule has 0 rings (SSSR count). The van der Waals surface area contributed by atoms with Crippen LogP contribution >= 0.6 is 11.6 Å². The normalized spacial score (nSPS) is 13.9. The van der Waals surface area contributed by atoms with Crippen LogP contribution in [0.4, 0.5) is 0 Å². The minimum atomic E-state index is 0.745. The topological polar surface area (TPSA) is 3.24 Å². The fourth-order valence-electron chi connectivity index (χ4n) is 1.35. The van der Waals surface area contributed by atoms with Crippen molar-refractivity contribution in [2.45, 2.75) is 26.7 Å². The molecule has 0 heterocycles. The first-order chi connectivity index (χ1) is 5.20. The molecule has 0 saturated carbocycles. The monoisotopic (exact) mass is 177 g/mol. The molecule has 0 bridgehead atoms. The third-order valence-electron chi connectivity index (χ3n) is 1.87. The van der Waals surface area contributed by atoms with Crippen LogP contribution in [-0.4, -0.2) is 30.9 Å². The Morgan fingerprint density at radius 2 is 2.09 bits per heavy atom. The summed E-state index contributed by atoms with van der Waals surface area (Å²) >= 11 is 5.62. The average Bonchev–Trinajstić information content (AvgIpc) is 1.87. The largest absolute Gasteiger partial charge is 0.305 e. The summed E-state index contributed by atoms with van der Waals surface area (Å²) in [5.74, 6) is 1.56. The van der Waals surface area contributed by atoms with Gasteiger partial charge in [-0.3, -0.25) is 0 Å². The molecule has 11 heavy (non-hydrogen) atoms. The maximum atomic E-state index is 5.62. The van der Waals surface area contributed by atoms with Gasteiger partial charge in [0, 0.05) is 19.0 Å². The fourth-order valence-corrected chi connectivity index (χ4v) is 1.64. The highest BCUT2D eigenvalue weighted by Crippen LogP contribution is 2.05. The molecule has 0 aliphatic rings. The molecule has 0 N–H and O–H groups in total. The van der Waals surface area contributed by atoms with E-state index in [0.29, 0.717) is 0 Å². The molecule has 1 atom stereocenters. The quantitative estimate of drug-likeness (QED) is 0.564. The van der Waals surface area contributed by atoms with Crippen LogP contribution in [0, 0.1) is 5.92 Å². The Bertz CT molecular complexity index is 75.6. The number of rotatable bonds is 6. The molecule has 0 aliphatic carbocycles. The number of hydrogen-bond donors (Lipinski definition) is 0. The van der Waals surface area contributed by atoms with Crippen molar-refractivity contribution in [2.75, 3.05) is 26.0 Å². The molecule has 0 aliphatic heterocycles. The van der Waals surface area contributed by atoms with Gasteiger partial charge in [0.15, 0.2) is 0 Å². The van der Waals surface area contributed by atoms with Crippen molar-refractivity contribution in [1.82, 2.24) is 4.90 Å². The van der Waals surface area contributed by atoms with Gasteiger partial charge in [-0.05, 0) is 19.4 Å². The molecule has 0 aromatic rings. The third kappa shape index (κ3) is 6.64. The van der Waals surface area contributed by atoms with Gasteiger partial charge in [0.1, 0.15) is 0 Å². The predicted octanol–water partition coefficient (Wildman–Crippen LogP) is 2.59. The second-order valence-corrected chi connectivity index (χ2v) is 3.72. The molecule has 0 aromatic carbocycles. The summed E-state index contributed by atoms with van der Waals surface area (Å²) in [5, 5.41) is 0. The van der Waals surface area contributed by atoms with Crippen molar-refractivity contribution >= 4 is 11.6 Å². The zero-order valence-electron chi connectivity index (χ0n) is 7.94. The van der Waals surface area contributed by atoms with Crippen LogP contribution in [0.5, 0.6) is 0 Å². The van der Waals surface area contributed by atoms with Gasteiger partial charge in [-0.1, -0.05) is 20.3 Å². The van der Waals surface area contributed by atoms with Crippen molar-refractivity contribution in [3.8, 4) is 0 Å². The standard InChI is InChI=1S/C9H20ClN/c1-4-5-9(2)8-11(3)7-6-10/h9H,4-8H2,1-3H3. The summed E-state index contributed by atoms with van der Waals surface area (Å²) in [7, 11) is 2.13. The van der Waals surface area contributed by atoms with Crippen LogP contribution in [0.15, 0.2) is 0 Å². The van der Waals surface area contributed by atoms with E-state index < -0.39 is 0 Å². The first-order valence-corrected chi connectivity index (χ1v) is 4.98. The van der Waals surface area contributed by atoms with E-state index >= 15 is 0 Å². The van der Waals surface area contributed by atoms with Gasteiger partial charge >= 0.3 is 0 Å². The molecule has 1 nitrogen and oxygen atoms in total. The van der Waals surface area contributed by atoms with Crippen molar-refractivity contribution in [3.63, 3.8) is 0 Å². The molecule has 0 amide bonds. The molecular weight excluding hydrogens is 158 g/mol. The summed E-state index contributed by atoms with van der Waals surface area (Å²) < 4.78 is 0.